The lowest BCUT2D eigenvalue weighted by molar-refractivity contribution is 0.415. The molecule has 3 nitrogen and oxygen atoms in total. The topological polar surface area (TPSA) is 27.1 Å². The Balaban J connectivity index is 2.55. The van der Waals surface area contributed by atoms with Gasteiger partial charge >= 0.3 is 0 Å². The van der Waals surface area contributed by atoms with Gasteiger partial charge in [0.05, 0.1) is 24.0 Å². The molecule has 1 aromatic carbocycles. The van der Waals surface area contributed by atoms with E-state index in [1.807, 2.05) is 30.0 Å². The van der Waals surface area contributed by atoms with Gasteiger partial charge in [-0.3, -0.25) is 0 Å². The number of aromatic nitrogens is 2. The minimum Gasteiger partial charge on any atom is -0.497 e. The number of hydrogen-bond acceptors (Lipinski definition) is 3. The number of methoxy groups -OCH3 is 1. The monoisotopic (exact) mass is 284 g/mol. The molecule has 0 aliphatic heterocycles. The fourth-order valence-electron chi connectivity index (χ4n) is 2.16. The van der Waals surface area contributed by atoms with Crippen molar-refractivity contribution in [3.63, 3.8) is 0 Å². The summed E-state index contributed by atoms with van der Waals surface area (Å²) in [7, 11) is 1.66. The number of alkyl halides is 1. The zero-order valence-electron chi connectivity index (χ0n) is 10.8. The highest BCUT2D eigenvalue weighted by atomic mass is 35.5. The van der Waals surface area contributed by atoms with Gasteiger partial charge in [0.25, 0.3) is 0 Å². The zero-order valence-corrected chi connectivity index (χ0v) is 12.4. The number of imidazole rings is 1. The lowest BCUT2D eigenvalue weighted by atomic mass is 10.2. The quantitative estimate of drug-likeness (QED) is 0.783. The van der Waals surface area contributed by atoms with Crippen LogP contribution in [0.3, 0.4) is 0 Å². The van der Waals surface area contributed by atoms with Crippen LogP contribution >= 0.6 is 23.4 Å². The molecular weight excluding hydrogens is 268 g/mol. The van der Waals surface area contributed by atoms with Crippen LogP contribution in [0.2, 0.25) is 0 Å². The van der Waals surface area contributed by atoms with E-state index in [1.54, 1.807) is 7.11 Å². The summed E-state index contributed by atoms with van der Waals surface area (Å²) in [6.07, 6.45) is 2.11. The summed E-state index contributed by atoms with van der Waals surface area (Å²) in [4.78, 5) is 4.58. The van der Waals surface area contributed by atoms with Crippen molar-refractivity contribution in [2.45, 2.75) is 18.8 Å². The van der Waals surface area contributed by atoms with E-state index in [0.717, 1.165) is 28.4 Å². The molecule has 0 radical (unpaired) electrons. The Hall–Kier alpha value is -0.870. The lowest BCUT2D eigenvalue weighted by Crippen LogP contribution is -2.10. The fraction of sp³-hybridized carbons (Fsp3) is 0.462. The third kappa shape index (κ3) is 2.45. The van der Waals surface area contributed by atoms with E-state index in [2.05, 4.69) is 22.7 Å². The molecule has 0 saturated carbocycles. The number of fused-ring (bicyclic) bond motifs is 1. The highest BCUT2D eigenvalue weighted by Gasteiger charge is 2.15. The van der Waals surface area contributed by atoms with Crippen LogP contribution in [-0.4, -0.2) is 28.7 Å². The van der Waals surface area contributed by atoms with E-state index >= 15 is 0 Å². The van der Waals surface area contributed by atoms with Gasteiger partial charge in [0.2, 0.25) is 0 Å². The van der Waals surface area contributed by atoms with Gasteiger partial charge in [-0.05, 0) is 25.3 Å². The van der Waals surface area contributed by atoms with E-state index in [0.29, 0.717) is 11.9 Å². The highest BCUT2D eigenvalue weighted by Crippen LogP contribution is 2.26. The standard InChI is InChI=1S/C13H17ClN2OS/c1-9(8-18-3)16-12-5-4-10(17-2)6-11(12)15-13(16)7-14/h4-6,9H,7-8H2,1-3H3. The Kier molecular flexibility index (Phi) is 4.40. The van der Waals surface area contributed by atoms with Crippen molar-refractivity contribution in [3.8, 4) is 5.75 Å². The minimum absolute atomic E-state index is 0.382. The molecule has 0 bridgehead atoms. The average molecular weight is 285 g/mol. The zero-order chi connectivity index (χ0) is 13.1. The molecule has 5 heteroatoms. The fourth-order valence-corrected chi connectivity index (χ4v) is 2.98. The Morgan fingerprint density at radius 2 is 2.28 bits per heavy atom. The van der Waals surface area contributed by atoms with Crippen LogP contribution in [0.15, 0.2) is 18.2 Å². The molecule has 0 saturated heterocycles. The van der Waals surface area contributed by atoms with Crippen molar-refractivity contribution in [2.24, 2.45) is 0 Å². The maximum absolute atomic E-state index is 6.00. The number of halogens is 1. The molecule has 0 N–H and O–H groups in total. The second-order valence-electron chi connectivity index (χ2n) is 4.19. The first-order valence-corrected chi connectivity index (χ1v) is 7.73. The Morgan fingerprint density at radius 1 is 1.50 bits per heavy atom. The van der Waals surface area contributed by atoms with E-state index in [-0.39, 0.29) is 0 Å². The molecule has 0 fully saturated rings. The van der Waals surface area contributed by atoms with E-state index in [9.17, 15) is 0 Å². The molecule has 1 unspecified atom stereocenters. The summed E-state index contributed by atoms with van der Waals surface area (Å²) < 4.78 is 7.45. The predicted octanol–water partition coefficient (Wildman–Crippen LogP) is 3.71. The maximum atomic E-state index is 6.00. The van der Waals surface area contributed by atoms with Crippen LogP contribution in [0.25, 0.3) is 11.0 Å². The molecule has 2 aromatic rings. The SMILES string of the molecule is COc1ccc2c(c1)nc(CCl)n2C(C)CSC. The van der Waals surface area contributed by atoms with Crippen molar-refractivity contribution in [1.82, 2.24) is 9.55 Å². The van der Waals surface area contributed by atoms with Crippen molar-refractivity contribution in [1.29, 1.82) is 0 Å². The summed E-state index contributed by atoms with van der Waals surface area (Å²) >= 11 is 7.83. The number of ether oxygens (including phenoxy) is 1. The molecule has 0 aliphatic carbocycles. The number of hydrogen-bond donors (Lipinski definition) is 0. The van der Waals surface area contributed by atoms with Crippen LogP contribution in [-0.2, 0) is 5.88 Å². The van der Waals surface area contributed by atoms with Crippen LogP contribution < -0.4 is 4.74 Å². The van der Waals surface area contributed by atoms with Crippen LogP contribution in [0, 0.1) is 0 Å². The average Bonchev–Trinajstić information content (AvgIpc) is 2.76. The molecule has 18 heavy (non-hydrogen) atoms. The molecule has 0 spiro atoms. The van der Waals surface area contributed by atoms with Crippen molar-refractivity contribution < 1.29 is 4.74 Å². The summed E-state index contributed by atoms with van der Waals surface area (Å²) in [5.74, 6) is 3.21. The van der Waals surface area contributed by atoms with E-state index in [1.165, 1.54) is 0 Å². The van der Waals surface area contributed by atoms with Crippen molar-refractivity contribution in [3.05, 3.63) is 24.0 Å². The highest BCUT2D eigenvalue weighted by molar-refractivity contribution is 7.98. The molecule has 0 amide bonds. The molecule has 2 rings (SSSR count). The third-order valence-corrected chi connectivity index (χ3v) is 3.99. The van der Waals surface area contributed by atoms with Crippen molar-refractivity contribution in [2.75, 3.05) is 19.1 Å². The normalized spacial score (nSPS) is 12.9. The summed E-state index contributed by atoms with van der Waals surface area (Å²) in [6, 6.07) is 6.35. The van der Waals surface area contributed by atoms with Gasteiger partial charge in [0.1, 0.15) is 11.6 Å². The van der Waals surface area contributed by atoms with Gasteiger partial charge < -0.3 is 9.30 Å². The van der Waals surface area contributed by atoms with E-state index < -0.39 is 0 Å². The molecule has 1 heterocycles. The van der Waals surface area contributed by atoms with Crippen LogP contribution in [0.1, 0.15) is 18.8 Å². The van der Waals surface area contributed by atoms with Gasteiger partial charge in [-0.1, -0.05) is 0 Å². The first-order valence-electron chi connectivity index (χ1n) is 5.81. The maximum Gasteiger partial charge on any atom is 0.125 e. The third-order valence-electron chi connectivity index (χ3n) is 2.94. The molecule has 1 aromatic heterocycles. The van der Waals surface area contributed by atoms with Gasteiger partial charge in [0, 0.05) is 17.9 Å². The van der Waals surface area contributed by atoms with Crippen molar-refractivity contribution >= 4 is 34.4 Å². The molecule has 98 valence electrons. The summed E-state index contributed by atoms with van der Waals surface area (Å²) in [5.41, 5.74) is 2.06. The Morgan fingerprint density at radius 3 is 2.89 bits per heavy atom. The number of rotatable bonds is 5. The van der Waals surface area contributed by atoms with Crippen LogP contribution in [0.5, 0.6) is 5.75 Å². The first kappa shape index (κ1) is 13.6. The lowest BCUT2D eigenvalue weighted by Gasteiger charge is -2.15. The minimum atomic E-state index is 0.382. The predicted molar refractivity (Wildman–Crippen MR) is 78.9 cm³/mol. The van der Waals surface area contributed by atoms with Gasteiger partial charge in [-0.15, -0.1) is 11.6 Å². The number of thioether (sulfide) groups is 1. The second kappa shape index (κ2) is 5.85. The Bertz CT molecular complexity index is 541. The van der Waals surface area contributed by atoms with Crippen LogP contribution in [0.4, 0.5) is 0 Å². The Labute approximate surface area is 116 Å². The molecule has 1 atom stereocenters. The van der Waals surface area contributed by atoms with Gasteiger partial charge in [0.15, 0.2) is 0 Å². The van der Waals surface area contributed by atoms with Gasteiger partial charge in [-0.25, -0.2) is 4.98 Å². The molecule has 0 aliphatic rings. The van der Waals surface area contributed by atoms with E-state index in [4.69, 9.17) is 16.3 Å². The number of benzene rings is 1. The number of nitrogens with zero attached hydrogens (tertiary/aromatic N) is 2. The smallest absolute Gasteiger partial charge is 0.125 e. The van der Waals surface area contributed by atoms with Gasteiger partial charge in [-0.2, -0.15) is 11.8 Å². The summed E-state index contributed by atoms with van der Waals surface area (Å²) in [5, 5.41) is 0. The molecular formula is C13H17ClN2OS. The second-order valence-corrected chi connectivity index (χ2v) is 5.37. The first-order chi connectivity index (χ1) is 8.71. The largest absolute Gasteiger partial charge is 0.497 e. The summed E-state index contributed by atoms with van der Waals surface area (Å²) in [6.45, 7) is 2.19.